The molecule has 3 nitrogen and oxygen atoms in total. The van der Waals surface area contributed by atoms with Gasteiger partial charge in [-0.1, -0.05) is 12.1 Å². The number of nitrogens with one attached hydrogen (secondary N) is 1. The number of carbonyl (C=O) groups excluding carboxylic acids is 1. The second-order valence-corrected chi connectivity index (χ2v) is 5.47. The first-order valence-electron chi connectivity index (χ1n) is 6.18. The fourth-order valence-corrected chi connectivity index (χ4v) is 3.07. The van der Waals surface area contributed by atoms with Gasteiger partial charge in [-0.15, -0.1) is 11.8 Å². The topological polar surface area (TPSA) is 52.9 Å². The van der Waals surface area contributed by atoms with E-state index < -0.39 is 0 Å². The fourth-order valence-electron chi connectivity index (χ4n) is 2.05. The van der Waals surface area contributed by atoms with Gasteiger partial charge in [0, 0.05) is 11.4 Å². The van der Waals surface area contributed by atoms with Crippen LogP contribution in [0.4, 0.5) is 0 Å². The van der Waals surface area contributed by atoms with Crippen LogP contribution in [-0.2, 0) is 17.6 Å². The van der Waals surface area contributed by atoms with E-state index in [1.54, 1.807) is 0 Å². The molecular formula is C14H16N2OS. The van der Waals surface area contributed by atoms with Crippen LogP contribution in [0.15, 0.2) is 23.1 Å². The zero-order valence-corrected chi connectivity index (χ0v) is 11.1. The Morgan fingerprint density at radius 1 is 1.50 bits per heavy atom. The standard InChI is InChI=1S/C14H16N2OS/c15-7-5-14(17)16-8-6-11-3-4-13-12(10-11)2-1-9-18-13/h3-4,10H,1-2,5-6,8-9H2,(H,16,17). The highest BCUT2D eigenvalue weighted by Gasteiger charge is 2.09. The van der Waals surface area contributed by atoms with Crippen LogP contribution in [0.25, 0.3) is 0 Å². The second kappa shape index (κ2) is 6.46. The van der Waals surface area contributed by atoms with Crippen molar-refractivity contribution in [3.8, 4) is 6.07 Å². The third kappa shape index (κ3) is 3.51. The zero-order chi connectivity index (χ0) is 12.8. The summed E-state index contributed by atoms with van der Waals surface area (Å²) in [6.07, 6.45) is 3.19. The Balaban J connectivity index is 1.87. The monoisotopic (exact) mass is 260 g/mol. The van der Waals surface area contributed by atoms with Crippen molar-refractivity contribution < 1.29 is 4.79 Å². The van der Waals surface area contributed by atoms with Gasteiger partial charge in [-0.2, -0.15) is 5.26 Å². The minimum atomic E-state index is -0.189. The lowest BCUT2D eigenvalue weighted by Gasteiger charge is -2.16. The Bertz CT molecular complexity index is 479. The quantitative estimate of drug-likeness (QED) is 0.903. The van der Waals surface area contributed by atoms with Gasteiger partial charge in [0.1, 0.15) is 6.42 Å². The van der Waals surface area contributed by atoms with E-state index >= 15 is 0 Å². The maximum Gasteiger partial charge on any atom is 0.234 e. The van der Waals surface area contributed by atoms with Gasteiger partial charge >= 0.3 is 0 Å². The molecule has 0 spiro atoms. The number of rotatable bonds is 4. The van der Waals surface area contributed by atoms with Crippen LogP contribution in [0, 0.1) is 11.3 Å². The molecule has 0 aromatic heterocycles. The molecule has 1 aliphatic rings. The molecule has 1 heterocycles. The molecule has 1 N–H and O–H groups in total. The Kier molecular flexibility index (Phi) is 4.66. The van der Waals surface area contributed by atoms with E-state index in [1.165, 1.54) is 28.2 Å². The van der Waals surface area contributed by atoms with Gasteiger partial charge in [-0.25, -0.2) is 0 Å². The normalized spacial score (nSPS) is 13.5. The lowest BCUT2D eigenvalue weighted by atomic mass is 10.0. The molecule has 0 unspecified atom stereocenters. The minimum Gasteiger partial charge on any atom is -0.355 e. The molecule has 94 valence electrons. The van der Waals surface area contributed by atoms with Gasteiger partial charge in [-0.05, 0) is 42.2 Å². The van der Waals surface area contributed by atoms with Crippen molar-refractivity contribution in [1.82, 2.24) is 5.32 Å². The molecule has 0 saturated heterocycles. The van der Waals surface area contributed by atoms with Crippen molar-refractivity contribution in [1.29, 1.82) is 5.26 Å². The van der Waals surface area contributed by atoms with Crippen LogP contribution < -0.4 is 5.32 Å². The summed E-state index contributed by atoms with van der Waals surface area (Å²) in [6.45, 7) is 0.604. The number of hydrogen-bond donors (Lipinski definition) is 1. The molecule has 1 aliphatic heterocycles. The van der Waals surface area contributed by atoms with Gasteiger partial charge in [0.05, 0.1) is 6.07 Å². The van der Waals surface area contributed by atoms with E-state index in [9.17, 15) is 4.79 Å². The predicted octanol–water partition coefficient (Wildman–Crippen LogP) is 2.30. The van der Waals surface area contributed by atoms with Crippen molar-refractivity contribution >= 4 is 17.7 Å². The number of hydrogen-bond acceptors (Lipinski definition) is 3. The van der Waals surface area contributed by atoms with Gasteiger partial charge in [0.2, 0.25) is 5.91 Å². The Morgan fingerprint density at radius 2 is 2.39 bits per heavy atom. The van der Waals surface area contributed by atoms with E-state index in [1.807, 2.05) is 17.8 Å². The van der Waals surface area contributed by atoms with E-state index in [0.29, 0.717) is 6.54 Å². The average Bonchev–Trinajstić information content (AvgIpc) is 2.39. The summed E-state index contributed by atoms with van der Waals surface area (Å²) in [4.78, 5) is 12.5. The third-order valence-electron chi connectivity index (χ3n) is 2.95. The van der Waals surface area contributed by atoms with Crippen LogP contribution in [0.1, 0.15) is 24.0 Å². The Labute approximate surface area is 112 Å². The van der Waals surface area contributed by atoms with Crippen molar-refractivity contribution in [3.05, 3.63) is 29.3 Å². The number of benzene rings is 1. The average molecular weight is 260 g/mol. The largest absolute Gasteiger partial charge is 0.355 e. The van der Waals surface area contributed by atoms with Gasteiger partial charge < -0.3 is 5.32 Å². The molecule has 0 radical (unpaired) electrons. The van der Waals surface area contributed by atoms with Crippen LogP contribution in [0.2, 0.25) is 0 Å². The highest BCUT2D eigenvalue weighted by molar-refractivity contribution is 7.99. The molecule has 0 aliphatic carbocycles. The fraction of sp³-hybridized carbons (Fsp3) is 0.429. The van der Waals surface area contributed by atoms with Crippen molar-refractivity contribution in [2.24, 2.45) is 0 Å². The second-order valence-electron chi connectivity index (χ2n) is 4.33. The van der Waals surface area contributed by atoms with Crippen molar-refractivity contribution in [2.75, 3.05) is 12.3 Å². The highest BCUT2D eigenvalue weighted by Crippen LogP contribution is 2.30. The van der Waals surface area contributed by atoms with Crippen LogP contribution in [0.5, 0.6) is 0 Å². The molecular weight excluding hydrogens is 244 g/mol. The maximum atomic E-state index is 11.1. The zero-order valence-electron chi connectivity index (χ0n) is 10.2. The molecule has 0 fully saturated rings. The molecule has 1 aromatic rings. The van der Waals surface area contributed by atoms with Crippen molar-refractivity contribution in [2.45, 2.75) is 30.6 Å². The van der Waals surface area contributed by atoms with E-state index in [2.05, 4.69) is 23.5 Å². The Morgan fingerprint density at radius 3 is 3.22 bits per heavy atom. The number of aryl methyl sites for hydroxylation is 1. The lowest BCUT2D eigenvalue weighted by molar-refractivity contribution is -0.120. The number of carbonyl (C=O) groups is 1. The first-order valence-corrected chi connectivity index (χ1v) is 7.16. The molecule has 0 saturated carbocycles. The van der Waals surface area contributed by atoms with Gasteiger partial charge in [0.25, 0.3) is 0 Å². The summed E-state index contributed by atoms with van der Waals surface area (Å²) in [6, 6.07) is 8.41. The number of fused-ring (bicyclic) bond motifs is 1. The lowest BCUT2D eigenvalue weighted by Crippen LogP contribution is -2.24. The number of thioether (sulfide) groups is 1. The molecule has 1 amide bonds. The molecule has 4 heteroatoms. The highest BCUT2D eigenvalue weighted by atomic mass is 32.2. The summed E-state index contributed by atoms with van der Waals surface area (Å²) >= 11 is 1.93. The van der Waals surface area contributed by atoms with E-state index in [4.69, 9.17) is 5.26 Å². The SMILES string of the molecule is N#CCC(=O)NCCc1ccc2c(c1)CCCS2. The number of nitriles is 1. The van der Waals surface area contributed by atoms with Crippen LogP contribution in [0.3, 0.4) is 0 Å². The summed E-state index contributed by atoms with van der Waals surface area (Å²) in [5.74, 6) is 1.03. The first kappa shape index (κ1) is 13.0. The molecule has 0 atom stereocenters. The number of amides is 1. The maximum absolute atomic E-state index is 11.1. The van der Waals surface area contributed by atoms with Gasteiger partial charge in [0.15, 0.2) is 0 Å². The molecule has 2 rings (SSSR count). The Hall–Kier alpha value is -1.47. The third-order valence-corrected chi connectivity index (χ3v) is 4.15. The summed E-state index contributed by atoms with van der Waals surface area (Å²) in [5.41, 5.74) is 2.70. The summed E-state index contributed by atoms with van der Waals surface area (Å²) in [7, 11) is 0. The minimum absolute atomic E-state index is 0.0547. The number of nitrogens with zero attached hydrogens (tertiary/aromatic N) is 1. The molecule has 0 bridgehead atoms. The van der Waals surface area contributed by atoms with Gasteiger partial charge in [-0.3, -0.25) is 4.79 Å². The smallest absolute Gasteiger partial charge is 0.234 e. The van der Waals surface area contributed by atoms with E-state index in [0.717, 1.165) is 12.8 Å². The molecule has 18 heavy (non-hydrogen) atoms. The first-order chi connectivity index (χ1) is 8.79. The summed E-state index contributed by atoms with van der Waals surface area (Å²) in [5, 5.41) is 11.1. The molecule has 1 aromatic carbocycles. The van der Waals surface area contributed by atoms with Crippen molar-refractivity contribution in [3.63, 3.8) is 0 Å². The summed E-state index contributed by atoms with van der Waals surface area (Å²) < 4.78 is 0. The predicted molar refractivity (Wildman–Crippen MR) is 72.4 cm³/mol. The van der Waals surface area contributed by atoms with Crippen LogP contribution >= 0.6 is 11.8 Å². The van der Waals surface area contributed by atoms with Crippen LogP contribution in [-0.4, -0.2) is 18.2 Å². The van der Waals surface area contributed by atoms with E-state index in [-0.39, 0.29) is 12.3 Å².